The Balaban J connectivity index is 2.34. The molecule has 1 aromatic carbocycles. The zero-order valence-electron chi connectivity index (χ0n) is 8.20. The van der Waals surface area contributed by atoms with Crippen LogP contribution in [0.5, 0.6) is 0 Å². The lowest BCUT2D eigenvalue weighted by atomic mass is 10.3. The van der Waals surface area contributed by atoms with Crippen LogP contribution in [0.15, 0.2) is 24.4 Å². The summed E-state index contributed by atoms with van der Waals surface area (Å²) >= 11 is 5.54. The first-order valence-corrected chi connectivity index (χ1v) is 5.16. The number of halogens is 3. The number of aromatic nitrogens is 3. The van der Waals surface area contributed by atoms with E-state index in [4.69, 9.17) is 11.6 Å². The molecule has 3 nitrogen and oxygen atoms in total. The first-order chi connectivity index (χ1) is 7.69. The summed E-state index contributed by atoms with van der Waals surface area (Å²) in [6.45, 7) is 0. The molecule has 1 heterocycles. The second-order valence-corrected chi connectivity index (χ2v) is 3.60. The van der Waals surface area contributed by atoms with Gasteiger partial charge in [0.15, 0.2) is 0 Å². The smallest absolute Gasteiger partial charge is 0.128 e. The standard InChI is InChI=1S/C10H8ClF2N3/c11-2-1-9-6-16(15-14-9)10-4-7(12)3-8(13)5-10/h3-6H,1-2H2. The maximum atomic E-state index is 12.9. The summed E-state index contributed by atoms with van der Waals surface area (Å²) in [6.07, 6.45) is 2.16. The van der Waals surface area contributed by atoms with Crippen LogP contribution in [0.4, 0.5) is 8.78 Å². The quantitative estimate of drug-likeness (QED) is 0.775. The number of rotatable bonds is 3. The van der Waals surface area contributed by atoms with Gasteiger partial charge in [-0.05, 0) is 12.1 Å². The van der Waals surface area contributed by atoms with Crippen LogP contribution in [0, 0.1) is 11.6 Å². The number of nitrogens with zero attached hydrogens (tertiary/aromatic N) is 3. The Labute approximate surface area is 95.6 Å². The molecule has 0 unspecified atom stereocenters. The van der Waals surface area contributed by atoms with Gasteiger partial charge in [-0.15, -0.1) is 16.7 Å². The van der Waals surface area contributed by atoms with Crippen LogP contribution < -0.4 is 0 Å². The molecule has 0 radical (unpaired) electrons. The van der Waals surface area contributed by atoms with E-state index in [1.54, 1.807) is 6.20 Å². The van der Waals surface area contributed by atoms with Gasteiger partial charge in [0.25, 0.3) is 0 Å². The molecule has 0 bridgehead atoms. The molecule has 0 amide bonds. The number of alkyl halides is 1. The highest BCUT2D eigenvalue weighted by atomic mass is 35.5. The molecular weight excluding hydrogens is 236 g/mol. The van der Waals surface area contributed by atoms with Gasteiger partial charge in [-0.25, -0.2) is 13.5 Å². The van der Waals surface area contributed by atoms with Gasteiger partial charge >= 0.3 is 0 Å². The number of hydrogen-bond donors (Lipinski definition) is 0. The largest absolute Gasteiger partial charge is 0.220 e. The first kappa shape index (κ1) is 11.0. The summed E-state index contributed by atoms with van der Waals surface area (Å²) in [5, 5.41) is 7.59. The Morgan fingerprint density at radius 2 is 1.88 bits per heavy atom. The Bertz CT molecular complexity index is 478. The second kappa shape index (κ2) is 4.57. The molecule has 0 fully saturated rings. The van der Waals surface area contributed by atoms with Crippen molar-refractivity contribution in [3.63, 3.8) is 0 Å². The van der Waals surface area contributed by atoms with Crippen molar-refractivity contribution < 1.29 is 8.78 Å². The molecular formula is C10H8ClF2N3. The molecule has 2 rings (SSSR count). The van der Waals surface area contributed by atoms with Gasteiger partial charge < -0.3 is 0 Å². The third kappa shape index (κ3) is 2.36. The fraction of sp³-hybridized carbons (Fsp3) is 0.200. The predicted octanol–water partition coefficient (Wildman–Crippen LogP) is 2.33. The van der Waals surface area contributed by atoms with E-state index in [1.165, 1.54) is 16.8 Å². The Morgan fingerprint density at radius 1 is 1.19 bits per heavy atom. The molecule has 6 heteroatoms. The van der Waals surface area contributed by atoms with E-state index < -0.39 is 11.6 Å². The number of aryl methyl sites for hydroxylation is 1. The minimum absolute atomic E-state index is 0.297. The normalized spacial score (nSPS) is 10.7. The topological polar surface area (TPSA) is 30.7 Å². The van der Waals surface area contributed by atoms with Crippen molar-refractivity contribution >= 4 is 11.6 Å². The van der Waals surface area contributed by atoms with Gasteiger partial charge in [0.05, 0.1) is 17.6 Å². The summed E-state index contributed by atoms with van der Waals surface area (Å²) < 4.78 is 27.2. The molecule has 0 atom stereocenters. The van der Waals surface area contributed by atoms with E-state index in [0.717, 1.165) is 6.07 Å². The van der Waals surface area contributed by atoms with Crippen LogP contribution in [0.2, 0.25) is 0 Å². The zero-order valence-corrected chi connectivity index (χ0v) is 8.96. The summed E-state index contributed by atoms with van der Waals surface area (Å²) in [5.41, 5.74) is 0.977. The van der Waals surface area contributed by atoms with Crippen molar-refractivity contribution in [1.29, 1.82) is 0 Å². The van der Waals surface area contributed by atoms with Crippen LogP contribution in [0.1, 0.15) is 5.69 Å². The average Bonchev–Trinajstić information content (AvgIpc) is 2.65. The molecule has 0 saturated carbocycles. The van der Waals surface area contributed by atoms with Gasteiger partial charge in [-0.1, -0.05) is 5.21 Å². The van der Waals surface area contributed by atoms with Gasteiger partial charge in [-0.2, -0.15) is 0 Å². The van der Waals surface area contributed by atoms with Crippen LogP contribution in [-0.4, -0.2) is 20.9 Å². The van der Waals surface area contributed by atoms with Crippen LogP contribution in [0.3, 0.4) is 0 Å². The van der Waals surface area contributed by atoms with E-state index in [1.807, 2.05) is 0 Å². The molecule has 0 aliphatic carbocycles. The van der Waals surface area contributed by atoms with Crippen LogP contribution in [-0.2, 0) is 6.42 Å². The predicted molar refractivity (Wildman–Crippen MR) is 55.7 cm³/mol. The lowest BCUT2D eigenvalue weighted by molar-refractivity contribution is 0.579. The van der Waals surface area contributed by atoms with Crippen LogP contribution >= 0.6 is 11.6 Å². The minimum atomic E-state index is -0.649. The van der Waals surface area contributed by atoms with Crippen molar-refractivity contribution in [2.75, 3.05) is 5.88 Å². The van der Waals surface area contributed by atoms with E-state index in [2.05, 4.69) is 10.3 Å². The fourth-order valence-electron chi connectivity index (χ4n) is 1.31. The van der Waals surface area contributed by atoms with E-state index in [-0.39, 0.29) is 0 Å². The first-order valence-electron chi connectivity index (χ1n) is 4.62. The highest BCUT2D eigenvalue weighted by Crippen LogP contribution is 2.12. The molecule has 2 aromatic rings. The highest BCUT2D eigenvalue weighted by molar-refractivity contribution is 6.17. The van der Waals surface area contributed by atoms with Crippen molar-refractivity contribution in [1.82, 2.24) is 15.0 Å². The van der Waals surface area contributed by atoms with Crippen molar-refractivity contribution in [2.24, 2.45) is 0 Å². The zero-order chi connectivity index (χ0) is 11.5. The van der Waals surface area contributed by atoms with Crippen molar-refractivity contribution in [3.8, 4) is 5.69 Å². The summed E-state index contributed by atoms with van der Waals surface area (Å²) in [6, 6.07) is 3.17. The Hall–Kier alpha value is -1.49. The second-order valence-electron chi connectivity index (χ2n) is 3.22. The van der Waals surface area contributed by atoms with Crippen LogP contribution in [0.25, 0.3) is 5.69 Å². The molecule has 0 N–H and O–H groups in total. The minimum Gasteiger partial charge on any atom is -0.220 e. The lowest BCUT2D eigenvalue weighted by Crippen LogP contribution is -1.96. The highest BCUT2D eigenvalue weighted by Gasteiger charge is 2.05. The molecule has 16 heavy (non-hydrogen) atoms. The number of hydrogen-bond acceptors (Lipinski definition) is 2. The average molecular weight is 244 g/mol. The lowest BCUT2D eigenvalue weighted by Gasteiger charge is -1.99. The van der Waals surface area contributed by atoms with Gasteiger partial charge in [0, 0.05) is 18.4 Å². The third-order valence-corrected chi connectivity index (χ3v) is 2.19. The summed E-state index contributed by atoms with van der Waals surface area (Å²) in [4.78, 5) is 0. The van der Waals surface area contributed by atoms with Crippen molar-refractivity contribution in [2.45, 2.75) is 6.42 Å². The molecule has 0 saturated heterocycles. The van der Waals surface area contributed by atoms with E-state index >= 15 is 0 Å². The molecule has 0 spiro atoms. The van der Waals surface area contributed by atoms with Crippen molar-refractivity contribution in [3.05, 3.63) is 41.7 Å². The maximum absolute atomic E-state index is 12.9. The monoisotopic (exact) mass is 243 g/mol. The van der Waals surface area contributed by atoms with E-state index in [0.29, 0.717) is 23.7 Å². The van der Waals surface area contributed by atoms with Gasteiger partial charge in [0.1, 0.15) is 11.6 Å². The Morgan fingerprint density at radius 3 is 2.50 bits per heavy atom. The third-order valence-electron chi connectivity index (χ3n) is 2.00. The number of benzene rings is 1. The fourth-order valence-corrected chi connectivity index (χ4v) is 1.50. The Kier molecular flexibility index (Phi) is 3.14. The van der Waals surface area contributed by atoms with Gasteiger partial charge in [-0.3, -0.25) is 0 Å². The maximum Gasteiger partial charge on any atom is 0.128 e. The molecule has 84 valence electrons. The van der Waals surface area contributed by atoms with Gasteiger partial charge in [0.2, 0.25) is 0 Å². The SMILES string of the molecule is Fc1cc(F)cc(-n2cc(CCCl)nn2)c1. The molecule has 1 aromatic heterocycles. The molecule has 0 aliphatic rings. The summed E-state index contributed by atoms with van der Waals surface area (Å²) in [7, 11) is 0. The summed E-state index contributed by atoms with van der Waals surface area (Å²) in [5.74, 6) is -0.871. The molecule has 0 aliphatic heterocycles. The van der Waals surface area contributed by atoms with E-state index in [9.17, 15) is 8.78 Å².